The SMILES string of the molecule is CCOCCN(C)C1CCc2ccc(OC)cc2C1N. The molecule has 2 N–H and O–H groups in total. The molecule has 20 heavy (non-hydrogen) atoms. The summed E-state index contributed by atoms with van der Waals surface area (Å²) in [5.74, 6) is 0.886. The van der Waals surface area contributed by atoms with Crippen LogP contribution >= 0.6 is 0 Å². The van der Waals surface area contributed by atoms with Crippen LogP contribution in [0.2, 0.25) is 0 Å². The molecule has 0 aliphatic heterocycles. The average molecular weight is 278 g/mol. The summed E-state index contributed by atoms with van der Waals surface area (Å²) in [6, 6.07) is 6.66. The van der Waals surface area contributed by atoms with E-state index in [-0.39, 0.29) is 6.04 Å². The van der Waals surface area contributed by atoms with Crippen molar-refractivity contribution in [3.05, 3.63) is 29.3 Å². The van der Waals surface area contributed by atoms with Gasteiger partial charge < -0.3 is 15.2 Å². The van der Waals surface area contributed by atoms with E-state index in [9.17, 15) is 0 Å². The second kappa shape index (κ2) is 7.07. The molecule has 0 aromatic heterocycles. The van der Waals surface area contributed by atoms with E-state index >= 15 is 0 Å². The van der Waals surface area contributed by atoms with Crippen LogP contribution in [-0.2, 0) is 11.2 Å². The van der Waals surface area contributed by atoms with Crippen LogP contribution in [0.4, 0.5) is 0 Å². The lowest BCUT2D eigenvalue weighted by molar-refractivity contribution is 0.0966. The van der Waals surface area contributed by atoms with Gasteiger partial charge in [0.1, 0.15) is 5.75 Å². The summed E-state index contributed by atoms with van der Waals surface area (Å²) in [5.41, 5.74) is 9.06. The summed E-state index contributed by atoms with van der Waals surface area (Å²) in [6.45, 7) is 4.48. The molecule has 4 heteroatoms. The van der Waals surface area contributed by atoms with E-state index < -0.39 is 0 Å². The summed E-state index contributed by atoms with van der Waals surface area (Å²) < 4.78 is 10.7. The van der Waals surface area contributed by atoms with Crippen molar-refractivity contribution in [3.8, 4) is 5.75 Å². The topological polar surface area (TPSA) is 47.7 Å². The minimum absolute atomic E-state index is 0.0421. The molecule has 0 saturated heterocycles. The molecule has 1 aliphatic rings. The Hall–Kier alpha value is -1.10. The van der Waals surface area contributed by atoms with Crippen LogP contribution in [0.15, 0.2) is 18.2 Å². The number of hydrogen-bond donors (Lipinski definition) is 1. The zero-order chi connectivity index (χ0) is 14.5. The van der Waals surface area contributed by atoms with Crippen molar-refractivity contribution in [2.24, 2.45) is 5.73 Å². The maximum Gasteiger partial charge on any atom is 0.119 e. The predicted octanol–water partition coefficient (Wildman–Crippen LogP) is 1.98. The van der Waals surface area contributed by atoms with Crippen LogP contribution in [0.5, 0.6) is 5.75 Å². The third-order valence-electron chi connectivity index (χ3n) is 4.19. The van der Waals surface area contributed by atoms with Crippen LogP contribution in [0.25, 0.3) is 0 Å². The molecule has 0 amide bonds. The Balaban J connectivity index is 2.07. The number of aryl methyl sites for hydroxylation is 1. The summed E-state index contributed by atoms with van der Waals surface area (Å²) in [5, 5.41) is 0. The lowest BCUT2D eigenvalue weighted by Crippen LogP contribution is -2.44. The number of nitrogens with zero attached hydrogens (tertiary/aromatic N) is 1. The molecule has 2 rings (SSSR count). The zero-order valence-electron chi connectivity index (χ0n) is 12.8. The Morgan fingerprint density at radius 2 is 2.20 bits per heavy atom. The van der Waals surface area contributed by atoms with E-state index in [1.807, 2.05) is 13.0 Å². The van der Waals surface area contributed by atoms with Gasteiger partial charge in [-0.3, -0.25) is 4.90 Å². The molecule has 0 heterocycles. The predicted molar refractivity (Wildman–Crippen MR) is 81.2 cm³/mol. The van der Waals surface area contributed by atoms with Gasteiger partial charge in [-0.15, -0.1) is 0 Å². The Labute approximate surface area is 121 Å². The Morgan fingerprint density at radius 3 is 2.90 bits per heavy atom. The second-order valence-corrected chi connectivity index (χ2v) is 5.37. The zero-order valence-corrected chi connectivity index (χ0v) is 12.8. The Kier molecular flexibility index (Phi) is 5.40. The summed E-state index contributed by atoms with van der Waals surface area (Å²) >= 11 is 0. The second-order valence-electron chi connectivity index (χ2n) is 5.37. The molecule has 1 aromatic rings. The van der Waals surface area contributed by atoms with Crippen LogP contribution in [-0.4, -0.2) is 44.9 Å². The highest BCUT2D eigenvalue weighted by molar-refractivity contribution is 5.40. The highest BCUT2D eigenvalue weighted by Gasteiger charge is 2.29. The summed E-state index contributed by atoms with van der Waals surface area (Å²) in [7, 11) is 3.83. The lowest BCUT2D eigenvalue weighted by atomic mass is 9.83. The maximum atomic E-state index is 6.48. The largest absolute Gasteiger partial charge is 0.497 e. The molecule has 2 unspecified atom stereocenters. The van der Waals surface area contributed by atoms with Gasteiger partial charge in [0.05, 0.1) is 13.7 Å². The van der Waals surface area contributed by atoms with E-state index in [0.29, 0.717) is 6.04 Å². The van der Waals surface area contributed by atoms with Crippen LogP contribution in [0, 0.1) is 0 Å². The highest BCUT2D eigenvalue weighted by Crippen LogP contribution is 2.33. The van der Waals surface area contributed by atoms with Crippen molar-refractivity contribution in [1.82, 2.24) is 4.90 Å². The van der Waals surface area contributed by atoms with E-state index in [0.717, 1.165) is 38.3 Å². The van der Waals surface area contributed by atoms with Crippen LogP contribution in [0.3, 0.4) is 0 Å². The lowest BCUT2D eigenvalue weighted by Gasteiger charge is -2.37. The number of benzene rings is 1. The van der Waals surface area contributed by atoms with E-state index in [1.54, 1.807) is 7.11 Å². The highest BCUT2D eigenvalue weighted by atomic mass is 16.5. The number of hydrogen-bond acceptors (Lipinski definition) is 4. The molecule has 0 saturated carbocycles. The Morgan fingerprint density at radius 1 is 1.40 bits per heavy atom. The molecule has 1 aromatic carbocycles. The Bertz CT molecular complexity index is 436. The van der Waals surface area contributed by atoms with Crippen LogP contribution in [0.1, 0.15) is 30.5 Å². The van der Waals surface area contributed by atoms with Crippen molar-refractivity contribution in [1.29, 1.82) is 0 Å². The van der Waals surface area contributed by atoms with E-state index in [4.69, 9.17) is 15.2 Å². The number of likely N-dealkylation sites (N-methyl/N-ethyl adjacent to an activating group) is 1. The molecule has 0 fully saturated rings. The van der Waals surface area contributed by atoms with Gasteiger partial charge in [-0.1, -0.05) is 6.07 Å². The summed E-state index contributed by atoms with van der Waals surface area (Å²) in [6.07, 6.45) is 2.18. The van der Waals surface area contributed by atoms with Gasteiger partial charge in [0.2, 0.25) is 0 Å². The number of fused-ring (bicyclic) bond motifs is 1. The quantitative estimate of drug-likeness (QED) is 0.808. The van der Waals surface area contributed by atoms with Crippen LogP contribution < -0.4 is 10.5 Å². The third kappa shape index (κ3) is 3.32. The average Bonchev–Trinajstić information content (AvgIpc) is 2.47. The first-order valence-electron chi connectivity index (χ1n) is 7.37. The standard InChI is InChI=1S/C16H26N2O2/c1-4-20-10-9-18(2)15-8-6-12-5-7-13(19-3)11-14(12)16(15)17/h5,7,11,15-16H,4,6,8-10,17H2,1-3H3. The smallest absolute Gasteiger partial charge is 0.119 e. The van der Waals surface area contributed by atoms with Gasteiger partial charge >= 0.3 is 0 Å². The fraction of sp³-hybridized carbons (Fsp3) is 0.625. The van der Waals surface area contributed by atoms with Gasteiger partial charge in [0.15, 0.2) is 0 Å². The van der Waals surface area contributed by atoms with Crippen molar-refractivity contribution in [3.63, 3.8) is 0 Å². The maximum absolute atomic E-state index is 6.48. The fourth-order valence-corrected chi connectivity index (χ4v) is 2.94. The molecular weight excluding hydrogens is 252 g/mol. The third-order valence-corrected chi connectivity index (χ3v) is 4.19. The normalized spacial score (nSPS) is 21.9. The van der Waals surface area contributed by atoms with Gasteiger partial charge in [-0.05, 0) is 50.1 Å². The molecule has 0 radical (unpaired) electrons. The van der Waals surface area contributed by atoms with Gasteiger partial charge in [-0.2, -0.15) is 0 Å². The van der Waals surface area contributed by atoms with E-state index in [1.165, 1.54) is 11.1 Å². The minimum atomic E-state index is 0.0421. The molecule has 1 aliphatic carbocycles. The molecule has 4 nitrogen and oxygen atoms in total. The van der Waals surface area contributed by atoms with E-state index in [2.05, 4.69) is 24.1 Å². The van der Waals surface area contributed by atoms with Crippen molar-refractivity contribution in [2.75, 3.05) is 33.9 Å². The van der Waals surface area contributed by atoms with Crippen molar-refractivity contribution < 1.29 is 9.47 Å². The first-order valence-corrected chi connectivity index (χ1v) is 7.37. The number of ether oxygens (including phenoxy) is 2. The van der Waals surface area contributed by atoms with Gasteiger partial charge in [-0.25, -0.2) is 0 Å². The molecule has 0 bridgehead atoms. The molecule has 112 valence electrons. The fourth-order valence-electron chi connectivity index (χ4n) is 2.94. The first kappa shape index (κ1) is 15.3. The van der Waals surface area contributed by atoms with Gasteiger partial charge in [0, 0.05) is 25.2 Å². The molecule has 2 atom stereocenters. The minimum Gasteiger partial charge on any atom is -0.497 e. The number of methoxy groups -OCH3 is 1. The molecule has 0 spiro atoms. The number of rotatable bonds is 6. The van der Waals surface area contributed by atoms with Crippen molar-refractivity contribution in [2.45, 2.75) is 31.8 Å². The van der Waals surface area contributed by atoms with Gasteiger partial charge in [0.25, 0.3) is 0 Å². The summed E-state index contributed by atoms with van der Waals surface area (Å²) in [4.78, 5) is 2.32. The monoisotopic (exact) mass is 278 g/mol. The number of nitrogens with two attached hydrogens (primary N) is 1. The first-order chi connectivity index (χ1) is 9.67. The van der Waals surface area contributed by atoms with Crippen molar-refractivity contribution >= 4 is 0 Å². The molecular formula is C16H26N2O2.